The summed E-state index contributed by atoms with van der Waals surface area (Å²) in [5, 5.41) is 11.1. The minimum Gasteiger partial charge on any atom is -0.481 e. The van der Waals surface area contributed by atoms with Crippen LogP contribution in [0.5, 0.6) is 0 Å². The molecule has 116 valence electrons. The topological polar surface area (TPSA) is 113 Å². The first-order valence-corrected chi connectivity index (χ1v) is 7.83. The summed E-state index contributed by atoms with van der Waals surface area (Å²) in [7, 11) is -3.72. The molecular formula is C13H18N2O5S. The molecule has 1 unspecified atom stereocenters. The van der Waals surface area contributed by atoms with Gasteiger partial charge in [-0.25, -0.2) is 13.1 Å². The number of hydrogen-bond acceptors (Lipinski definition) is 4. The molecule has 0 fully saturated rings. The fraction of sp³-hybridized carbons (Fsp3) is 0.385. The maximum Gasteiger partial charge on any atom is 0.303 e. The quantitative estimate of drug-likeness (QED) is 0.634. The third-order valence-electron chi connectivity index (χ3n) is 2.65. The molecule has 1 atom stereocenters. The van der Waals surface area contributed by atoms with Gasteiger partial charge < -0.3 is 10.4 Å². The first-order valence-electron chi connectivity index (χ1n) is 6.34. The van der Waals surface area contributed by atoms with Crippen molar-refractivity contribution in [2.45, 2.75) is 18.2 Å². The number of carbonyl (C=O) groups excluding carboxylic acids is 1. The average Bonchev–Trinajstić information content (AvgIpc) is 2.43. The second-order valence-electron chi connectivity index (χ2n) is 4.64. The number of sulfonamides is 1. The molecule has 3 N–H and O–H groups in total. The minimum atomic E-state index is -3.72. The van der Waals surface area contributed by atoms with Gasteiger partial charge in [0.05, 0.1) is 11.4 Å². The molecule has 21 heavy (non-hydrogen) atoms. The highest BCUT2D eigenvalue weighted by atomic mass is 32.2. The van der Waals surface area contributed by atoms with Crippen molar-refractivity contribution in [2.24, 2.45) is 5.92 Å². The van der Waals surface area contributed by atoms with Crippen LogP contribution in [0.3, 0.4) is 0 Å². The lowest BCUT2D eigenvalue weighted by molar-refractivity contribution is -0.138. The Morgan fingerprint density at radius 1 is 1.24 bits per heavy atom. The molecule has 0 radical (unpaired) electrons. The van der Waals surface area contributed by atoms with Gasteiger partial charge in [0.2, 0.25) is 15.9 Å². The standard InChI is InChI=1S/C13H18N2O5S/c1-10(7-13(17)18)8-14-12(16)9-15-21(19,20)11-5-3-2-4-6-11/h2-6,10,15H,7-9H2,1H3,(H,14,16)(H,17,18). The molecule has 1 rings (SSSR count). The number of benzene rings is 1. The summed E-state index contributed by atoms with van der Waals surface area (Å²) in [6.07, 6.45) is -0.0595. The third-order valence-corrected chi connectivity index (χ3v) is 4.06. The minimum absolute atomic E-state index is 0.0595. The van der Waals surface area contributed by atoms with Crippen LogP contribution in [0.15, 0.2) is 35.2 Å². The van der Waals surface area contributed by atoms with Crippen LogP contribution < -0.4 is 10.0 Å². The van der Waals surface area contributed by atoms with Gasteiger partial charge in [0.25, 0.3) is 0 Å². The summed E-state index contributed by atoms with van der Waals surface area (Å²) in [5.74, 6) is -1.68. The Hall–Kier alpha value is -1.93. The molecule has 0 aliphatic rings. The number of aliphatic carboxylic acids is 1. The Morgan fingerprint density at radius 2 is 1.86 bits per heavy atom. The van der Waals surface area contributed by atoms with Crippen molar-refractivity contribution in [3.8, 4) is 0 Å². The first-order chi connectivity index (χ1) is 9.81. The van der Waals surface area contributed by atoms with Crippen LogP contribution in [0, 0.1) is 5.92 Å². The summed E-state index contributed by atoms with van der Waals surface area (Å²) < 4.78 is 25.9. The van der Waals surface area contributed by atoms with Crippen LogP contribution in [0.25, 0.3) is 0 Å². The van der Waals surface area contributed by atoms with Gasteiger partial charge in [0.1, 0.15) is 0 Å². The number of hydrogen-bond donors (Lipinski definition) is 3. The van der Waals surface area contributed by atoms with E-state index < -0.39 is 28.4 Å². The highest BCUT2D eigenvalue weighted by Gasteiger charge is 2.15. The molecule has 1 aromatic carbocycles. The molecule has 1 amide bonds. The van der Waals surface area contributed by atoms with E-state index in [9.17, 15) is 18.0 Å². The maximum absolute atomic E-state index is 11.9. The molecule has 0 aromatic heterocycles. The molecular weight excluding hydrogens is 296 g/mol. The van der Waals surface area contributed by atoms with Gasteiger partial charge in [-0.05, 0) is 18.1 Å². The van der Waals surface area contributed by atoms with Crippen molar-refractivity contribution in [3.63, 3.8) is 0 Å². The van der Waals surface area contributed by atoms with E-state index in [1.165, 1.54) is 12.1 Å². The Bertz CT molecular complexity index is 586. The van der Waals surface area contributed by atoms with Gasteiger partial charge in [-0.3, -0.25) is 9.59 Å². The number of carbonyl (C=O) groups is 2. The van der Waals surface area contributed by atoms with Gasteiger partial charge in [0, 0.05) is 13.0 Å². The highest BCUT2D eigenvalue weighted by Crippen LogP contribution is 2.06. The van der Waals surface area contributed by atoms with E-state index in [4.69, 9.17) is 5.11 Å². The van der Waals surface area contributed by atoms with E-state index >= 15 is 0 Å². The van der Waals surface area contributed by atoms with Crippen LogP contribution >= 0.6 is 0 Å². The fourth-order valence-corrected chi connectivity index (χ4v) is 2.57. The lowest BCUT2D eigenvalue weighted by atomic mass is 10.1. The molecule has 8 heteroatoms. The summed E-state index contributed by atoms with van der Waals surface area (Å²) in [4.78, 5) is 22.1. The zero-order valence-electron chi connectivity index (χ0n) is 11.6. The van der Waals surface area contributed by atoms with Crippen molar-refractivity contribution in [1.82, 2.24) is 10.0 Å². The number of amides is 1. The van der Waals surface area contributed by atoms with Crippen LogP contribution in [-0.2, 0) is 19.6 Å². The summed E-state index contributed by atoms with van der Waals surface area (Å²) >= 11 is 0. The van der Waals surface area contributed by atoms with Crippen molar-refractivity contribution in [2.75, 3.05) is 13.1 Å². The number of carboxylic acids is 1. The van der Waals surface area contributed by atoms with Gasteiger partial charge >= 0.3 is 5.97 Å². The van der Waals surface area contributed by atoms with Crippen molar-refractivity contribution in [1.29, 1.82) is 0 Å². The Balaban J connectivity index is 2.41. The fourth-order valence-electron chi connectivity index (χ4n) is 1.56. The monoisotopic (exact) mass is 314 g/mol. The largest absolute Gasteiger partial charge is 0.481 e. The lowest BCUT2D eigenvalue weighted by Crippen LogP contribution is -2.38. The summed E-state index contributed by atoms with van der Waals surface area (Å²) in [6.45, 7) is 1.47. The van der Waals surface area contributed by atoms with Gasteiger partial charge in [0.15, 0.2) is 0 Å². The van der Waals surface area contributed by atoms with Gasteiger partial charge in [-0.15, -0.1) is 0 Å². The van der Waals surface area contributed by atoms with Crippen molar-refractivity contribution in [3.05, 3.63) is 30.3 Å². The van der Waals surface area contributed by atoms with E-state index in [-0.39, 0.29) is 23.8 Å². The Kier molecular flexibility index (Phi) is 6.32. The highest BCUT2D eigenvalue weighted by molar-refractivity contribution is 7.89. The lowest BCUT2D eigenvalue weighted by Gasteiger charge is -2.11. The van der Waals surface area contributed by atoms with Crippen LogP contribution in [0.4, 0.5) is 0 Å². The van der Waals surface area contributed by atoms with E-state index in [2.05, 4.69) is 10.0 Å². The van der Waals surface area contributed by atoms with E-state index in [0.717, 1.165) is 0 Å². The van der Waals surface area contributed by atoms with Gasteiger partial charge in [-0.1, -0.05) is 25.1 Å². The molecule has 1 aromatic rings. The molecule has 7 nitrogen and oxygen atoms in total. The first kappa shape index (κ1) is 17.1. The molecule has 0 aliphatic carbocycles. The average molecular weight is 314 g/mol. The van der Waals surface area contributed by atoms with Crippen molar-refractivity contribution < 1.29 is 23.1 Å². The Labute approximate surface area is 123 Å². The third kappa shape index (κ3) is 6.37. The predicted molar refractivity (Wildman–Crippen MR) is 76.1 cm³/mol. The van der Waals surface area contributed by atoms with Crippen molar-refractivity contribution >= 4 is 21.9 Å². The summed E-state index contributed by atoms with van der Waals surface area (Å²) in [6, 6.07) is 7.71. The molecule has 0 heterocycles. The molecule has 0 aliphatic heterocycles. The predicted octanol–water partition coefficient (Wildman–Crippen LogP) is 0.192. The zero-order valence-corrected chi connectivity index (χ0v) is 12.4. The second kappa shape index (κ2) is 7.75. The maximum atomic E-state index is 11.9. The Morgan fingerprint density at radius 3 is 2.43 bits per heavy atom. The number of carboxylic acid groups (broad SMARTS) is 1. The molecule has 0 bridgehead atoms. The van der Waals surface area contributed by atoms with Crippen LogP contribution in [-0.4, -0.2) is 38.5 Å². The van der Waals surface area contributed by atoms with Crippen LogP contribution in [0.2, 0.25) is 0 Å². The number of rotatable bonds is 8. The molecule has 0 saturated heterocycles. The van der Waals surface area contributed by atoms with E-state index in [1.807, 2.05) is 0 Å². The molecule has 0 spiro atoms. The zero-order chi connectivity index (χ0) is 15.9. The second-order valence-corrected chi connectivity index (χ2v) is 6.41. The SMILES string of the molecule is CC(CNC(=O)CNS(=O)(=O)c1ccccc1)CC(=O)O. The number of nitrogens with one attached hydrogen (secondary N) is 2. The van der Waals surface area contributed by atoms with Gasteiger partial charge in [-0.2, -0.15) is 0 Å². The summed E-state index contributed by atoms with van der Waals surface area (Å²) in [5.41, 5.74) is 0. The smallest absolute Gasteiger partial charge is 0.303 e. The van der Waals surface area contributed by atoms with E-state index in [0.29, 0.717) is 0 Å². The van der Waals surface area contributed by atoms with E-state index in [1.54, 1.807) is 25.1 Å². The normalized spacial score (nSPS) is 12.6. The van der Waals surface area contributed by atoms with Crippen LogP contribution in [0.1, 0.15) is 13.3 Å². The molecule has 0 saturated carbocycles.